The van der Waals surface area contributed by atoms with Gasteiger partial charge in [0.15, 0.2) is 15.0 Å². The number of fused-ring (bicyclic) bond motifs is 1. The van der Waals surface area contributed by atoms with Crippen LogP contribution in [0.25, 0.3) is 10.2 Å². The Morgan fingerprint density at radius 1 is 1.06 bits per heavy atom. The summed E-state index contributed by atoms with van der Waals surface area (Å²) in [4.78, 5) is 24.0. The smallest absolute Gasteiger partial charge is 0.229 e. The van der Waals surface area contributed by atoms with Gasteiger partial charge in [0.1, 0.15) is 11.3 Å². The zero-order valence-corrected chi connectivity index (χ0v) is 20.6. The van der Waals surface area contributed by atoms with Crippen LogP contribution in [0, 0.1) is 6.92 Å². The lowest BCUT2D eigenvalue weighted by molar-refractivity contribution is -0.118. The Bertz CT molecular complexity index is 1390. The highest BCUT2D eigenvalue weighted by molar-refractivity contribution is 7.91. The van der Waals surface area contributed by atoms with Crippen LogP contribution in [0.15, 0.2) is 71.9 Å². The topological polar surface area (TPSA) is 89.5 Å². The Morgan fingerprint density at radius 3 is 2.50 bits per heavy atom. The molecule has 0 bridgehead atoms. The van der Waals surface area contributed by atoms with Gasteiger partial charge in [-0.1, -0.05) is 35.6 Å². The Hall–Kier alpha value is -3.30. The van der Waals surface area contributed by atoms with Gasteiger partial charge in [0, 0.05) is 18.8 Å². The van der Waals surface area contributed by atoms with Crippen LogP contribution in [0.1, 0.15) is 24.0 Å². The number of aryl methyl sites for hydroxylation is 1. The summed E-state index contributed by atoms with van der Waals surface area (Å²) in [5.74, 6) is 0.364. The van der Waals surface area contributed by atoms with E-state index >= 15 is 0 Å². The molecule has 0 aliphatic carbocycles. The number of thiazole rings is 1. The number of sulfone groups is 1. The van der Waals surface area contributed by atoms with Crippen molar-refractivity contribution in [1.29, 1.82) is 0 Å². The van der Waals surface area contributed by atoms with Crippen molar-refractivity contribution in [3.63, 3.8) is 0 Å². The van der Waals surface area contributed by atoms with Crippen LogP contribution < -0.4 is 9.64 Å². The number of hydrogen-bond donors (Lipinski definition) is 0. The molecule has 0 saturated heterocycles. The summed E-state index contributed by atoms with van der Waals surface area (Å²) in [6.07, 6.45) is 3.66. The van der Waals surface area contributed by atoms with Crippen LogP contribution in [-0.4, -0.2) is 37.2 Å². The minimum Gasteiger partial charge on any atom is -0.494 e. The van der Waals surface area contributed by atoms with Crippen LogP contribution >= 0.6 is 11.3 Å². The number of pyridine rings is 1. The molecule has 0 saturated carbocycles. The first-order valence-electron chi connectivity index (χ1n) is 10.8. The molecule has 176 valence electrons. The zero-order valence-electron chi connectivity index (χ0n) is 19.0. The number of ether oxygens (including phenoxy) is 1. The van der Waals surface area contributed by atoms with Gasteiger partial charge < -0.3 is 4.74 Å². The summed E-state index contributed by atoms with van der Waals surface area (Å²) < 4.78 is 31.6. The van der Waals surface area contributed by atoms with Gasteiger partial charge in [-0.05, 0) is 54.8 Å². The Labute approximate surface area is 203 Å². The fraction of sp³-hybridized carbons (Fsp3) is 0.240. The minimum absolute atomic E-state index is 0.0865. The molecule has 0 radical (unpaired) electrons. The van der Waals surface area contributed by atoms with E-state index in [1.165, 1.54) is 11.3 Å². The van der Waals surface area contributed by atoms with Crippen molar-refractivity contribution in [1.82, 2.24) is 9.97 Å². The van der Waals surface area contributed by atoms with Gasteiger partial charge in [-0.25, -0.2) is 13.4 Å². The molecular weight excluding hydrogens is 470 g/mol. The van der Waals surface area contributed by atoms with E-state index in [0.29, 0.717) is 22.9 Å². The van der Waals surface area contributed by atoms with Crippen molar-refractivity contribution < 1.29 is 17.9 Å². The maximum absolute atomic E-state index is 13.3. The van der Waals surface area contributed by atoms with Crippen LogP contribution in [-0.2, 0) is 21.2 Å². The lowest BCUT2D eigenvalue weighted by atomic mass is 10.2. The largest absolute Gasteiger partial charge is 0.494 e. The third-order valence-electron chi connectivity index (χ3n) is 5.44. The predicted octanol–water partition coefficient (Wildman–Crippen LogP) is 4.80. The van der Waals surface area contributed by atoms with Crippen molar-refractivity contribution in [2.75, 3.05) is 17.8 Å². The summed E-state index contributed by atoms with van der Waals surface area (Å²) in [7, 11) is -1.86. The molecule has 0 fully saturated rings. The molecule has 4 rings (SSSR count). The first kappa shape index (κ1) is 23.8. The van der Waals surface area contributed by atoms with Crippen LogP contribution in [0.2, 0.25) is 0 Å². The van der Waals surface area contributed by atoms with Crippen molar-refractivity contribution in [2.45, 2.75) is 31.2 Å². The average Bonchev–Trinajstić information content (AvgIpc) is 3.30. The van der Waals surface area contributed by atoms with Crippen LogP contribution in [0.3, 0.4) is 0 Å². The number of anilines is 1. The number of hydrogen-bond acceptors (Lipinski definition) is 7. The van der Waals surface area contributed by atoms with Gasteiger partial charge in [0.25, 0.3) is 0 Å². The van der Waals surface area contributed by atoms with E-state index in [4.69, 9.17) is 9.72 Å². The Balaban J connectivity index is 1.58. The number of nitrogens with zero attached hydrogens (tertiary/aromatic N) is 3. The van der Waals surface area contributed by atoms with Gasteiger partial charge in [-0.15, -0.1) is 0 Å². The number of methoxy groups -OCH3 is 1. The number of carbonyl (C=O) groups is 1. The summed E-state index contributed by atoms with van der Waals surface area (Å²) in [6, 6.07) is 15.8. The Kier molecular flexibility index (Phi) is 7.23. The van der Waals surface area contributed by atoms with E-state index in [1.54, 1.807) is 54.7 Å². The SMILES string of the molecule is COc1ccc(C)c2sc(N(Cc3ccncc3)C(=O)CCCS(=O)(=O)c3ccccc3)nc12. The standard InChI is InChI=1S/C25H25N3O4S2/c1-18-10-11-21(32-2)23-24(18)33-25(27-23)28(17-19-12-14-26-15-13-19)22(29)9-6-16-34(30,31)20-7-4-3-5-8-20/h3-5,7-8,10-15H,6,9,16-17H2,1-2H3. The first-order valence-corrected chi connectivity index (χ1v) is 13.3. The number of amides is 1. The summed E-state index contributed by atoms with van der Waals surface area (Å²) >= 11 is 1.43. The summed E-state index contributed by atoms with van der Waals surface area (Å²) in [6.45, 7) is 2.31. The van der Waals surface area contributed by atoms with Crippen molar-refractivity contribution in [2.24, 2.45) is 0 Å². The molecule has 4 aromatic rings. The average molecular weight is 496 g/mol. The molecule has 0 aliphatic rings. The molecule has 7 nitrogen and oxygen atoms in total. The number of carbonyl (C=O) groups excluding carboxylic acids is 1. The highest BCUT2D eigenvalue weighted by atomic mass is 32.2. The predicted molar refractivity (Wildman–Crippen MR) is 134 cm³/mol. The molecular formula is C25H25N3O4S2. The molecule has 9 heteroatoms. The first-order chi connectivity index (χ1) is 16.4. The molecule has 0 unspecified atom stereocenters. The highest BCUT2D eigenvalue weighted by Crippen LogP contribution is 2.37. The third-order valence-corrected chi connectivity index (χ3v) is 8.47. The van der Waals surface area contributed by atoms with Crippen LogP contribution in [0.4, 0.5) is 5.13 Å². The monoisotopic (exact) mass is 495 g/mol. The van der Waals surface area contributed by atoms with Crippen molar-refractivity contribution in [3.05, 3.63) is 78.1 Å². The van der Waals surface area contributed by atoms with Crippen LogP contribution in [0.5, 0.6) is 5.75 Å². The number of aromatic nitrogens is 2. The van der Waals surface area contributed by atoms with E-state index in [-0.39, 0.29) is 29.4 Å². The second-order valence-electron chi connectivity index (χ2n) is 7.83. The van der Waals surface area contributed by atoms with E-state index in [9.17, 15) is 13.2 Å². The third kappa shape index (κ3) is 5.26. The van der Waals surface area contributed by atoms with Crippen molar-refractivity contribution in [3.8, 4) is 5.75 Å². The fourth-order valence-electron chi connectivity index (χ4n) is 3.61. The van der Waals surface area contributed by atoms with Gasteiger partial charge in [0.05, 0.1) is 29.0 Å². The lowest BCUT2D eigenvalue weighted by Gasteiger charge is -2.20. The van der Waals surface area contributed by atoms with Gasteiger partial charge in [0.2, 0.25) is 5.91 Å². The van der Waals surface area contributed by atoms with E-state index in [0.717, 1.165) is 15.8 Å². The summed E-state index contributed by atoms with van der Waals surface area (Å²) in [5, 5.41) is 0.551. The lowest BCUT2D eigenvalue weighted by Crippen LogP contribution is -2.30. The maximum atomic E-state index is 13.3. The molecule has 34 heavy (non-hydrogen) atoms. The molecule has 1 amide bonds. The van der Waals surface area contributed by atoms with Gasteiger partial charge in [-0.2, -0.15) is 0 Å². The number of benzene rings is 2. The van der Waals surface area contributed by atoms with E-state index in [2.05, 4.69) is 4.98 Å². The quantitative estimate of drug-likeness (QED) is 0.332. The van der Waals surface area contributed by atoms with Gasteiger partial charge in [-0.3, -0.25) is 14.7 Å². The molecule has 0 N–H and O–H groups in total. The fourth-order valence-corrected chi connectivity index (χ4v) is 6.01. The van der Waals surface area contributed by atoms with E-state index in [1.807, 2.05) is 31.2 Å². The maximum Gasteiger partial charge on any atom is 0.229 e. The molecule has 0 spiro atoms. The highest BCUT2D eigenvalue weighted by Gasteiger charge is 2.23. The Morgan fingerprint density at radius 2 is 1.79 bits per heavy atom. The normalized spacial score (nSPS) is 11.5. The second-order valence-corrected chi connectivity index (χ2v) is 10.9. The molecule has 2 aromatic heterocycles. The molecule has 2 heterocycles. The second kappa shape index (κ2) is 10.3. The number of rotatable bonds is 9. The minimum atomic E-state index is -3.45. The van der Waals surface area contributed by atoms with Crippen molar-refractivity contribution >= 4 is 42.4 Å². The zero-order chi connectivity index (χ0) is 24.1. The molecule has 2 aromatic carbocycles. The summed E-state index contributed by atoms with van der Waals surface area (Å²) in [5.41, 5.74) is 2.66. The molecule has 0 atom stereocenters. The van der Waals surface area contributed by atoms with E-state index < -0.39 is 9.84 Å². The molecule has 0 aliphatic heterocycles. The van der Waals surface area contributed by atoms with Gasteiger partial charge >= 0.3 is 0 Å².